The van der Waals surface area contributed by atoms with Gasteiger partial charge in [-0.05, 0) is 74.2 Å². The number of hydrogen-bond acceptors (Lipinski definition) is 8. The highest BCUT2D eigenvalue weighted by atomic mass is 15.7. The van der Waals surface area contributed by atoms with Crippen molar-refractivity contribution in [2.24, 2.45) is 20.7 Å². The SMILES string of the molecule is N#Cc1ccc(N=NN2CN(CN3CN(N=Nc4ccc(C#N)cc4)C4CCCCC43)C3CCCCC32)cc1. The second-order valence-corrected chi connectivity index (χ2v) is 11.0. The smallest absolute Gasteiger partial charge is 0.0991 e. The van der Waals surface area contributed by atoms with E-state index >= 15 is 0 Å². The molecular weight excluding hydrogens is 488 g/mol. The molecule has 10 nitrogen and oxygen atoms in total. The van der Waals surface area contributed by atoms with E-state index in [2.05, 4.69) is 52.6 Å². The number of benzene rings is 2. The van der Waals surface area contributed by atoms with Crippen LogP contribution in [0.5, 0.6) is 0 Å². The third kappa shape index (κ3) is 5.49. The van der Waals surface area contributed by atoms with Crippen molar-refractivity contribution in [2.75, 3.05) is 20.0 Å². The summed E-state index contributed by atoms with van der Waals surface area (Å²) in [6.07, 6.45) is 9.65. The molecule has 0 radical (unpaired) electrons. The lowest BCUT2D eigenvalue weighted by atomic mass is 9.90. The minimum absolute atomic E-state index is 0.387. The molecule has 4 unspecified atom stereocenters. The minimum Gasteiger partial charge on any atom is -0.266 e. The molecule has 4 aliphatic rings. The maximum atomic E-state index is 9.05. The van der Waals surface area contributed by atoms with Gasteiger partial charge >= 0.3 is 0 Å². The summed E-state index contributed by atoms with van der Waals surface area (Å²) in [5.74, 6) is 0. The van der Waals surface area contributed by atoms with Gasteiger partial charge in [-0.3, -0.25) is 19.8 Å². The summed E-state index contributed by atoms with van der Waals surface area (Å²) in [5, 5.41) is 40.8. The van der Waals surface area contributed by atoms with Crippen LogP contribution in [0.4, 0.5) is 11.4 Å². The Morgan fingerprint density at radius 2 is 0.974 bits per heavy atom. The Bertz CT molecular complexity index is 1180. The molecule has 39 heavy (non-hydrogen) atoms. The molecule has 0 N–H and O–H groups in total. The third-order valence-electron chi connectivity index (χ3n) is 8.65. The number of fused-ring (bicyclic) bond motifs is 2. The van der Waals surface area contributed by atoms with Gasteiger partial charge in [0.2, 0.25) is 0 Å². The highest BCUT2D eigenvalue weighted by Gasteiger charge is 2.46. The van der Waals surface area contributed by atoms with Crippen molar-refractivity contribution < 1.29 is 0 Å². The van der Waals surface area contributed by atoms with Gasteiger partial charge < -0.3 is 0 Å². The van der Waals surface area contributed by atoms with Crippen molar-refractivity contribution in [1.82, 2.24) is 19.8 Å². The highest BCUT2D eigenvalue weighted by Crippen LogP contribution is 2.37. The van der Waals surface area contributed by atoms with Gasteiger partial charge in [0.1, 0.15) is 0 Å². The van der Waals surface area contributed by atoms with Gasteiger partial charge in [0, 0.05) is 12.1 Å². The van der Waals surface area contributed by atoms with Gasteiger partial charge in [0.15, 0.2) is 0 Å². The lowest BCUT2D eigenvalue weighted by Crippen LogP contribution is -2.47. The molecule has 2 aliphatic heterocycles. The molecule has 2 saturated carbocycles. The Morgan fingerprint density at radius 3 is 1.36 bits per heavy atom. The van der Waals surface area contributed by atoms with Crippen LogP contribution in [0.2, 0.25) is 0 Å². The fourth-order valence-corrected chi connectivity index (χ4v) is 6.67. The molecule has 10 heteroatoms. The summed E-state index contributed by atoms with van der Waals surface area (Å²) in [4.78, 5) is 5.18. The maximum Gasteiger partial charge on any atom is 0.0991 e. The molecule has 0 bridgehead atoms. The van der Waals surface area contributed by atoms with Crippen molar-refractivity contribution in [3.63, 3.8) is 0 Å². The third-order valence-corrected chi connectivity index (χ3v) is 8.65. The van der Waals surface area contributed by atoms with E-state index < -0.39 is 0 Å². The zero-order valence-electron chi connectivity index (χ0n) is 22.2. The Labute approximate surface area is 229 Å². The summed E-state index contributed by atoms with van der Waals surface area (Å²) in [6.45, 7) is 2.44. The molecular formula is C29H34N10. The second kappa shape index (κ2) is 11.5. The summed E-state index contributed by atoms with van der Waals surface area (Å²) >= 11 is 0. The fourth-order valence-electron chi connectivity index (χ4n) is 6.67. The van der Waals surface area contributed by atoms with E-state index in [1.165, 1.54) is 38.5 Å². The monoisotopic (exact) mass is 522 g/mol. The van der Waals surface area contributed by atoms with Crippen LogP contribution in [0, 0.1) is 22.7 Å². The van der Waals surface area contributed by atoms with E-state index in [0.29, 0.717) is 35.3 Å². The number of rotatable bonds is 6. The van der Waals surface area contributed by atoms with Crippen LogP contribution in [-0.2, 0) is 0 Å². The molecule has 2 heterocycles. The van der Waals surface area contributed by atoms with Gasteiger partial charge in [-0.2, -0.15) is 10.5 Å². The standard InChI is InChI=1S/C29H34N10/c30-17-22-9-13-24(14-10-22)32-34-38-20-36(26-5-1-3-7-28(26)38)19-37-21-39(29-8-4-2-6-27(29)37)35-33-25-15-11-23(18-31)12-16-25/h9-16,26-29H,1-8,19-21H2. The first-order valence-electron chi connectivity index (χ1n) is 14.1. The molecule has 6 rings (SSSR count). The Balaban J connectivity index is 1.15. The predicted octanol–water partition coefficient (Wildman–Crippen LogP) is 5.86. The summed E-state index contributed by atoms with van der Waals surface area (Å²) in [6, 6.07) is 20.6. The fraction of sp³-hybridized carbons (Fsp3) is 0.517. The molecule has 0 spiro atoms. The molecule has 2 aliphatic carbocycles. The first-order valence-corrected chi connectivity index (χ1v) is 14.1. The van der Waals surface area contributed by atoms with Crippen molar-refractivity contribution in [1.29, 1.82) is 10.5 Å². The first kappa shape index (κ1) is 25.4. The Hall–Kier alpha value is -3.86. The highest BCUT2D eigenvalue weighted by molar-refractivity contribution is 5.42. The maximum absolute atomic E-state index is 9.05. The van der Waals surface area contributed by atoms with E-state index in [0.717, 1.165) is 44.2 Å². The van der Waals surface area contributed by atoms with Crippen molar-refractivity contribution in [2.45, 2.75) is 75.5 Å². The van der Waals surface area contributed by atoms with Crippen molar-refractivity contribution in [3.8, 4) is 12.1 Å². The summed E-state index contributed by atoms with van der Waals surface area (Å²) < 4.78 is 0. The van der Waals surface area contributed by atoms with E-state index in [9.17, 15) is 0 Å². The Kier molecular flexibility index (Phi) is 7.49. The van der Waals surface area contributed by atoms with Crippen LogP contribution in [0.15, 0.2) is 69.2 Å². The predicted molar refractivity (Wildman–Crippen MR) is 145 cm³/mol. The lowest BCUT2D eigenvalue weighted by molar-refractivity contribution is 0.0801. The summed E-state index contributed by atoms with van der Waals surface area (Å²) in [7, 11) is 0. The minimum atomic E-state index is 0.387. The molecule has 200 valence electrons. The Morgan fingerprint density at radius 1 is 0.590 bits per heavy atom. The molecule has 0 amide bonds. The number of nitrogens with zero attached hydrogens (tertiary/aromatic N) is 10. The van der Waals surface area contributed by atoms with Gasteiger partial charge in [-0.1, -0.05) is 36.1 Å². The van der Waals surface area contributed by atoms with Gasteiger partial charge in [-0.15, -0.1) is 10.2 Å². The van der Waals surface area contributed by atoms with Crippen LogP contribution in [-0.4, -0.2) is 64.0 Å². The quantitative estimate of drug-likeness (QED) is 0.440. The van der Waals surface area contributed by atoms with Gasteiger partial charge in [-0.25, -0.2) is 0 Å². The average molecular weight is 523 g/mol. The summed E-state index contributed by atoms with van der Waals surface area (Å²) in [5.41, 5.74) is 2.80. The van der Waals surface area contributed by atoms with E-state index in [-0.39, 0.29) is 0 Å². The molecule has 2 aromatic carbocycles. The van der Waals surface area contributed by atoms with Crippen LogP contribution in [0.25, 0.3) is 0 Å². The topological polar surface area (TPSA) is 110 Å². The first-order chi connectivity index (χ1) is 19.2. The zero-order valence-corrected chi connectivity index (χ0v) is 22.2. The molecule has 2 aromatic rings. The van der Waals surface area contributed by atoms with Crippen molar-refractivity contribution in [3.05, 3.63) is 59.7 Å². The van der Waals surface area contributed by atoms with Gasteiger partial charge in [0.25, 0.3) is 0 Å². The van der Waals surface area contributed by atoms with Crippen LogP contribution in [0.1, 0.15) is 62.5 Å². The number of hydrogen-bond donors (Lipinski definition) is 0. The van der Waals surface area contributed by atoms with Gasteiger partial charge in [0.05, 0.1) is 66.7 Å². The van der Waals surface area contributed by atoms with E-state index in [1.54, 1.807) is 24.3 Å². The molecule has 4 fully saturated rings. The van der Waals surface area contributed by atoms with E-state index in [1.807, 2.05) is 24.3 Å². The normalized spacial score (nSPS) is 27.5. The van der Waals surface area contributed by atoms with Crippen LogP contribution >= 0.6 is 0 Å². The lowest BCUT2D eigenvalue weighted by Gasteiger charge is -2.35. The molecule has 0 aromatic heterocycles. The molecule has 4 atom stereocenters. The second-order valence-electron chi connectivity index (χ2n) is 11.0. The zero-order chi connectivity index (χ0) is 26.6. The van der Waals surface area contributed by atoms with Crippen molar-refractivity contribution >= 4 is 11.4 Å². The average Bonchev–Trinajstić information content (AvgIpc) is 3.53. The van der Waals surface area contributed by atoms with Crippen LogP contribution < -0.4 is 0 Å². The largest absolute Gasteiger partial charge is 0.266 e. The number of nitriles is 2. The van der Waals surface area contributed by atoms with Crippen LogP contribution in [0.3, 0.4) is 0 Å². The molecule has 2 saturated heterocycles. The van der Waals surface area contributed by atoms with E-state index in [4.69, 9.17) is 10.5 Å².